The molecule has 1 aliphatic rings. The van der Waals surface area contributed by atoms with Crippen LogP contribution in [0.5, 0.6) is 0 Å². The number of hydrogen-bond donors (Lipinski definition) is 1. The minimum Gasteiger partial charge on any atom is -0.369 e. The molecule has 0 unspecified atom stereocenters. The van der Waals surface area contributed by atoms with E-state index in [0.717, 1.165) is 19.5 Å². The molecule has 2 atom stereocenters. The van der Waals surface area contributed by atoms with Crippen LogP contribution in [0.2, 0.25) is 0 Å². The Labute approximate surface area is 170 Å². The van der Waals surface area contributed by atoms with Gasteiger partial charge in [-0.3, -0.25) is 9.59 Å². The minimum atomic E-state index is -0.364. The first kappa shape index (κ1) is 22.3. The van der Waals surface area contributed by atoms with Gasteiger partial charge in [-0.1, -0.05) is 45.4 Å². The number of aryl methyl sites for hydroxylation is 2. The first-order valence-corrected chi connectivity index (χ1v) is 10.7. The highest BCUT2D eigenvalue weighted by Crippen LogP contribution is 2.29. The Bertz CT molecular complexity index is 658. The van der Waals surface area contributed by atoms with Crippen molar-refractivity contribution in [3.63, 3.8) is 0 Å². The van der Waals surface area contributed by atoms with Crippen molar-refractivity contribution < 1.29 is 9.59 Å². The molecular formula is C23H37N3O2. The van der Waals surface area contributed by atoms with E-state index in [4.69, 9.17) is 5.73 Å². The van der Waals surface area contributed by atoms with Gasteiger partial charge in [0.15, 0.2) is 0 Å². The molecule has 1 aromatic carbocycles. The SMILES string of the molecule is CCC[C@H](C(N)=O)[C@@H](CC(C)C)C(=O)N1CCN(c2c(C)cccc2C)CC1. The fraction of sp³-hybridized carbons (Fsp3) is 0.652. The molecule has 0 radical (unpaired) electrons. The Morgan fingerprint density at radius 3 is 2.07 bits per heavy atom. The highest BCUT2D eigenvalue weighted by molar-refractivity contribution is 5.87. The topological polar surface area (TPSA) is 66.6 Å². The molecule has 28 heavy (non-hydrogen) atoms. The Hall–Kier alpha value is -2.04. The van der Waals surface area contributed by atoms with Gasteiger partial charge in [-0.05, 0) is 43.7 Å². The summed E-state index contributed by atoms with van der Waals surface area (Å²) in [5.41, 5.74) is 9.51. The van der Waals surface area contributed by atoms with Gasteiger partial charge in [-0.2, -0.15) is 0 Å². The van der Waals surface area contributed by atoms with Gasteiger partial charge in [0.1, 0.15) is 0 Å². The molecule has 1 aliphatic heterocycles. The van der Waals surface area contributed by atoms with Gasteiger partial charge in [0.05, 0.1) is 0 Å². The van der Waals surface area contributed by atoms with Crippen LogP contribution in [0, 0.1) is 31.6 Å². The summed E-state index contributed by atoms with van der Waals surface area (Å²) in [6.45, 7) is 13.5. The molecule has 0 spiro atoms. The van der Waals surface area contributed by atoms with Gasteiger partial charge in [-0.25, -0.2) is 0 Å². The first-order valence-electron chi connectivity index (χ1n) is 10.7. The second kappa shape index (κ2) is 9.94. The fourth-order valence-corrected chi connectivity index (χ4v) is 4.49. The van der Waals surface area contributed by atoms with Crippen molar-refractivity contribution >= 4 is 17.5 Å². The van der Waals surface area contributed by atoms with Crippen LogP contribution in [-0.2, 0) is 9.59 Å². The van der Waals surface area contributed by atoms with Gasteiger partial charge in [0.25, 0.3) is 0 Å². The number of para-hydroxylation sites is 1. The number of primary amides is 1. The van der Waals surface area contributed by atoms with Crippen molar-refractivity contribution in [2.45, 2.75) is 53.9 Å². The first-order chi connectivity index (χ1) is 13.3. The van der Waals surface area contributed by atoms with Crippen LogP contribution in [-0.4, -0.2) is 42.9 Å². The number of hydrogen-bond acceptors (Lipinski definition) is 3. The van der Waals surface area contributed by atoms with Crippen LogP contribution in [0.3, 0.4) is 0 Å². The number of carbonyl (C=O) groups is 2. The van der Waals surface area contributed by atoms with Gasteiger partial charge >= 0.3 is 0 Å². The van der Waals surface area contributed by atoms with Crippen LogP contribution in [0.1, 0.15) is 51.2 Å². The minimum absolute atomic E-state index is 0.104. The molecule has 2 rings (SSSR count). The summed E-state index contributed by atoms with van der Waals surface area (Å²) in [5, 5.41) is 0. The van der Waals surface area contributed by atoms with Gasteiger partial charge < -0.3 is 15.5 Å². The molecule has 2 N–H and O–H groups in total. The Kier molecular flexibility index (Phi) is 7.90. The molecule has 1 fully saturated rings. The largest absolute Gasteiger partial charge is 0.369 e. The summed E-state index contributed by atoms with van der Waals surface area (Å²) < 4.78 is 0. The predicted molar refractivity (Wildman–Crippen MR) is 115 cm³/mol. The van der Waals surface area contributed by atoms with Crippen molar-refractivity contribution in [1.29, 1.82) is 0 Å². The summed E-state index contributed by atoms with van der Waals surface area (Å²) in [5.74, 6) is -0.550. The highest BCUT2D eigenvalue weighted by Gasteiger charge is 2.36. The molecule has 0 saturated carbocycles. The summed E-state index contributed by atoms with van der Waals surface area (Å²) in [7, 11) is 0. The van der Waals surface area contributed by atoms with Gasteiger partial charge in [0, 0.05) is 43.7 Å². The lowest BCUT2D eigenvalue weighted by Crippen LogP contribution is -2.52. The van der Waals surface area contributed by atoms with E-state index in [0.29, 0.717) is 31.8 Å². The average Bonchev–Trinajstić information content (AvgIpc) is 2.64. The van der Waals surface area contributed by atoms with Crippen molar-refractivity contribution in [1.82, 2.24) is 4.90 Å². The maximum absolute atomic E-state index is 13.3. The highest BCUT2D eigenvalue weighted by atomic mass is 16.2. The van der Waals surface area contributed by atoms with E-state index in [1.54, 1.807) is 0 Å². The molecule has 1 aromatic rings. The molecule has 0 aromatic heterocycles. The van der Waals surface area contributed by atoms with Crippen LogP contribution in [0.15, 0.2) is 18.2 Å². The van der Waals surface area contributed by atoms with Crippen LogP contribution >= 0.6 is 0 Å². The van der Waals surface area contributed by atoms with Gasteiger partial charge in [-0.15, -0.1) is 0 Å². The lowest BCUT2D eigenvalue weighted by Gasteiger charge is -2.40. The normalized spacial score (nSPS) is 16.9. The lowest BCUT2D eigenvalue weighted by molar-refractivity contribution is -0.142. The van der Waals surface area contributed by atoms with Crippen molar-refractivity contribution in [2.24, 2.45) is 23.5 Å². The number of nitrogens with two attached hydrogens (primary N) is 1. The van der Waals surface area contributed by atoms with E-state index in [1.165, 1.54) is 16.8 Å². The number of piperazine rings is 1. The lowest BCUT2D eigenvalue weighted by atomic mass is 9.81. The molecule has 0 bridgehead atoms. The smallest absolute Gasteiger partial charge is 0.226 e. The Balaban J connectivity index is 2.11. The molecule has 2 amide bonds. The average molecular weight is 388 g/mol. The third-order valence-electron chi connectivity index (χ3n) is 5.84. The molecule has 1 heterocycles. The fourth-order valence-electron chi connectivity index (χ4n) is 4.49. The van der Waals surface area contributed by atoms with Crippen LogP contribution in [0.25, 0.3) is 0 Å². The standard InChI is InChI=1S/C23H37N3O2/c1-6-8-19(22(24)27)20(15-16(2)3)23(28)26-13-11-25(12-14-26)21-17(4)9-7-10-18(21)5/h7,9-10,16,19-20H,6,8,11-15H2,1-5H3,(H2,24,27)/t19-,20+/m0/s1. The summed E-state index contributed by atoms with van der Waals surface area (Å²) in [6, 6.07) is 6.36. The summed E-state index contributed by atoms with van der Waals surface area (Å²) in [6.07, 6.45) is 2.25. The zero-order chi connectivity index (χ0) is 20.8. The van der Waals surface area contributed by atoms with Crippen LogP contribution in [0.4, 0.5) is 5.69 Å². The Morgan fingerprint density at radius 2 is 1.61 bits per heavy atom. The van der Waals surface area contributed by atoms with E-state index in [1.807, 2.05) is 11.8 Å². The summed E-state index contributed by atoms with van der Waals surface area (Å²) in [4.78, 5) is 29.7. The molecule has 1 saturated heterocycles. The van der Waals surface area contributed by atoms with Gasteiger partial charge in [0.2, 0.25) is 11.8 Å². The number of rotatable bonds is 8. The van der Waals surface area contributed by atoms with E-state index in [2.05, 4.69) is 50.8 Å². The molecule has 156 valence electrons. The molecule has 5 nitrogen and oxygen atoms in total. The predicted octanol–water partition coefficient (Wildman–Crippen LogP) is 3.52. The van der Waals surface area contributed by atoms with E-state index in [9.17, 15) is 9.59 Å². The van der Waals surface area contributed by atoms with E-state index >= 15 is 0 Å². The number of carbonyl (C=O) groups excluding carboxylic acids is 2. The van der Waals surface area contributed by atoms with E-state index < -0.39 is 0 Å². The molecule has 0 aliphatic carbocycles. The Morgan fingerprint density at radius 1 is 1.04 bits per heavy atom. The third kappa shape index (κ3) is 5.27. The number of anilines is 1. The number of amides is 2. The zero-order valence-electron chi connectivity index (χ0n) is 18.2. The zero-order valence-corrected chi connectivity index (χ0v) is 18.2. The third-order valence-corrected chi connectivity index (χ3v) is 5.84. The molecule has 5 heteroatoms. The van der Waals surface area contributed by atoms with E-state index in [-0.39, 0.29) is 23.7 Å². The second-order valence-corrected chi connectivity index (χ2v) is 8.59. The van der Waals surface area contributed by atoms with Crippen LogP contribution < -0.4 is 10.6 Å². The van der Waals surface area contributed by atoms with Crippen molar-refractivity contribution in [3.8, 4) is 0 Å². The number of benzene rings is 1. The van der Waals surface area contributed by atoms with Crippen molar-refractivity contribution in [3.05, 3.63) is 29.3 Å². The maximum atomic E-state index is 13.3. The summed E-state index contributed by atoms with van der Waals surface area (Å²) >= 11 is 0. The van der Waals surface area contributed by atoms with Crippen molar-refractivity contribution in [2.75, 3.05) is 31.1 Å². The second-order valence-electron chi connectivity index (χ2n) is 8.59. The molecular weight excluding hydrogens is 350 g/mol. The maximum Gasteiger partial charge on any atom is 0.226 e. The quantitative estimate of drug-likeness (QED) is 0.742. The number of nitrogens with zero attached hydrogens (tertiary/aromatic N) is 2. The monoisotopic (exact) mass is 387 g/mol.